The van der Waals surface area contributed by atoms with Crippen molar-refractivity contribution in [1.29, 1.82) is 0 Å². The van der Waals surface area contributed by atoms with Crippen molar-refractivity contribution in [3.05, 3.63) is 0 Å². The Hall–Kier alpha value is -1.04. The molecule has 0 heterocycles. The highest BCUT2D eigenvalue weighted by atomic mass is 31.1. The summed E-state index contributed by atoms with van der Waals surface area (Å²) in [6.07, 6.45) is 29.2. The Bertz CT molecular complexity index is 592. The minimum Gasteiger partial charge on any atom is -0.462 e. The Balaban J connectivity index is 3.74. The van der Waals surface area contributed by atoms with Crippen molar-refractivity contribution in [1.82, 2.24) is 0 Å². The largest absolute Gasteiger partial charge is 0.462 e. The van der Waals surface area contributed by atoms with Crippen molar-refractivity contribution in [2.45, 2.75) is 180 Å². The molecular formula is C33H64NO6P. The average Bonchev–Trinajstić information content (AvgIpc) is 2.97. The number of esters is 2. The normalized spacial score (nSPS) is 12.0. The lowest BCUT2D eigenvalue weighted by Crippen LogP contribution is -2.28. The van der Waals surface area contributed by atoms with Gasteiger partial charge in [-0.05, 0) is 25.8 Å². The molecule has 1 atom stereocenters. The van der Waals surface area contributed by atoms with E-state index in [1.807, 2.05) is 0 Å². The van der Waals surface area contributed by atoms with Crippen molar-refractivity contribution in [3.8, 4) is 0 Å². The molecule has 0 saturated carbocycles. The zero-order valence-electron chi connectivity index (χ0n) is 26.6. The van der Waals surface area contributed by atoms with E-state index in [9.17, 15) is 14.2 Å². The van der Waals surface area contributed by atoms with Crippen molar-refractivity contribution in [3.63, 3.8) is 0 Å². The fourth-order valence-electron chi connectivity index (χ4n) is 5.02. The molecule has 0 aromatic rings. The molecule has 41 heavy (non-hydrogen) atoms. The molecular weight excluding hydrogens is 537 g/mol. The van der Waals surface area contributed by atoms with Crippen LogP contribution in [0.15, 0.2) is 0 Å². The first-order chi connectivity index (χ1) is 20.1. The van der Waals surface area contributed by atoms with Gasteiger partial charge in [0.25, 0.3) is 0 Å². The van der Waals surface area contributed by atoms with Crippen LogP contribution in [0.2, 0.25) is 0 Å². The fourth-order valence-corrected chi connectivity index (χ4v) is 5.25. The quantitative estimate of drug-likeness (QED) is 0.0453. The van der Waals surface area contributed by atoms with E-state index in [0.29, 0.717) is 12.8 Å². The van der Waals surface area contributed by atoms with Crippen molar-refractivity contribution in [2.75, 3.05) is 19.8 Å². The highest BCUT2D eigenvalue weighted by molar-refractivity contribution is 7.17. The summed E-state index contributed by atoms with van der Waals surface area (Å²) in [6, 6.07) is 0. The molecule has 0 rings (SSSR count). The summed E-state index contributed by atoms with van der Waals surface area (Å²) in [4.78, 5) is 24.4. The van der Waals surface area contributed by atoms with E-state index in [0.717, 1.165) is 51.5 Å². The lowest BCUT2D eigenvalue weighted by Gasteiger charge is -2.16. The number of hydrogen-bond donors (Lipinski definition) is 1. The number of ether oxygens (including phenoxy) is 2. The third-order valence-corrected chi connectivity index (χ3v) is 7.87. The second-order valence-electron chi connectivity index (χ2n) is 11.6. The molecule has 7 nitrogen and oxygen atoms in total. The van der Waals surface area contributed by atoms with Gasteiger partial charge >= 0.3 is 20.6 Å². The summed E-state index contributed by atoms with van der Waals surface area (Å²) < 4.78 is 26.3. The maximum atomic E-state index is 12.2. The molecule has 0 aromatic carbocycles. The minimum absolute atomic E-state index is 0.0589. The highest BCUT2D eigenvalue weighted by Crippen LogP contribution is 2.15. The lowest BCUT2D eigenvalue weighted by atomic mass is 10.0. The van der Waals surface area contributed by atoms with Gasteiger partial charge in [-0.25, -0.2) is 4.57 Å². The molecule has 0 amide bonds. The summed E-state index contributed by atoms with van der Waals surface area (Å²) in [5.74, 6) is -0.613. The van der Waals surface area contributed by atoms with E-state index in [1.54, 1.807) is 0 Å². The van der Waals surface area contributed by atoms with Gasteiger partial charge < -0.3 is 15.2 Å². The minimum atomic E-state index is -0.730. The topological polar surface area (TPSA) is 105 Å². The van der Waals surface area contributed by atoms with E-state index >= 15 is 0 Å². The Morgan fingerprint density at radius 3 is 1.37 bits per heavy atom. The monoisotopic (exact) mass is 601 g/mol. The van der Waals surface area contributed by atoms with Gasteiger partial charge in [-0.2, -0.15) is 0 Å². The predicted molar refractivity (Wildman–Crippen MR) is 169 cm³/mol. The lowest BCUT2D eigenvalue weighted by molar-refractivity contribution is -0.160. The first-order valence-electron chi connectivity index (χ1n) is 17.1. The molecule has 0 spiro atoms. The molecule has 2 N–H and O–H groups in total. The van der Waals surface area contributed by atoms with Crippen LogP contribution in [0.3, 0.4) is 0 Å². The second kappa shape index (κ2) is 33.5. The molecule has 0 bridgehead atoms. The summed E-state index contributed by atoms with van der Waals surface area (Å²) in [7, 11) is -0.484. The van der Waals surface area contributed by atoms with E-state index in [4.69, 9.17) is 19.7 Å². The molecule has 0 saturated heterocycles. The number of unbranched alkanes of at least 4 members (excludes halogenated alkanes) is 22. The Labute approximate surface area is 254 Å². The highest BCUT2D eigenvalue weighted by Gasteiger charge is 2.17. The molecule has 0 aromatic heterocycles. The van der Waals surface area contributed by atoms with Crippen LogP contribution in [0.1, 0.15) is 174 Å². The summed E-state index contributed by atoms with van der Waals surface area (Å²) in [5, 5.41) is 0. The molecule has 0 aliphatic carbocycles. The molecule has 0 unspecified atom stereocenters. The average molecular weight is 602 g/mol. The van der Waals surface area contributed by atoms with Crippen LogP contribution in [0.4, 0.5) is 0 Å². The predicted octanol–water partition coefficient (Wildman–Crippen LogP) is 9.79. The third-order valence-electron chi connectivity index (χ3n) is 7.61. The van der Waals surface area contributed by atoms with Crippen LogP contribution < -0.4 is 5.73 Å². The zero-order chi connectivity index (χ0) is 30.1. The third kappa shape index (κ3) is 31.7. The van der Waals surface area contributed by atoms with E-state index in [-0.39, 0.29) is 25.2 Å². The molecule has 0 aliphatic heterocycles. The van der Waals surface area contributed by atoms with Gasteiger partial charge in [0.1, 0.15) is 13.2 Å². The first kappa shape index (κ1) is 40.0. The van der Waals surface area contributed by atoms with Gasteiger partial charge in [0.15, 0.2) is 6.10 Å². The van der Waals surface area contributed by atoms with Gasteiger partial charge in [-0.1, -0.05) is 142 Å². The van der Waals surface area contributed by atoms with E-state index in [1.165, 1.54) is 109 Å². The van der Waals surface area contributed by atoms with Gasteiger partial charge in [-0.3, -0.25) is 14.1 Å². The molecule has 0 fully saturated rings. The van der Waals surface area contributed by atoms with Gasteiger partial charge in [0, 0.05) is 12.8 Å². The van der Waals surface area contributed by atoms with Crippen LogP contribution in [-0.2, 0) is 28.2 Å². The van der Waals surface area contributed by atoms with Gasteiger partial charge in [-0.15, -0.1) is 0 Å². The van der Waals surface area contributed by atoms with Crippen molar-refractivity contribution in [2.24, 2.45) is 5.73 Å². The van der Waals surface area contributed by atoms with Crippen LogP contribution in [-0.4, -0.2) is 37.8 Å². The van der Waals surface area contributed by atoms with E-state index < -0.39 is 14.8 Å². The zero-order valence-corrected chi connectivity index (χ0v) is 27.5. The number of hydrogen-bond acceptors (Lipinski definition) is 7. The van der Waals surface area contributed by atoms with Crippen LogP contribution in [0, 0.1) is 0 Å². The molecule has 0 radical (unpaired) electrons. The Morgan fingerprint density at radius 2 is 0.951 bits per heavy atom. The maximum Gasteiger partial charge on any atom is 0.327 e. The van der Waals surface area contributed by atoms with Crippen molar-refractivity contribution >= 4 is 20.6 Å². The van der Waals surface area contributed by atoms with Crippen LogP contribution >= 0.6 is 8.69 Å². The smallest absolute Gasteiger partial charge is 0.327 e. The Kier molecular flexibility index (Phi) is 32.6. The Morgan fingerprint density at radius 1 is 0.561 bits per heavy atom. The number of rotatable bonds is 33. The first-order valence-corrected chi connectivity index (χ1v) is 17.9. The summed E-state index contributed by atoms with van der Waals surface area (Å²) in [5.41, 5.74) is 5.52. The number of carbonyl (C=O) groups excluding carboxylic acids is 2. The maximum absolute atomic E-state index is 12.2. The molecule has 0 aliphatic rings. The number of carbonyl (C=O) groups is 2. The molecule has 242 valence electrons. The van der Waals surface area contributed by atoms with Crippen molar-refractivity contribution < 1.29 is 28.2 Å². The number of nitrogens with two attached hydrogens (primary N) is 1. The SMILES string of the molecule is CCCCCCCCCCCCCC(=O)O[C@@H](COP=O)COC(=O)CCCCCCCCCCCCCCCN. The summed E-state index contributed by atoms with van der Waals surface area (Å²) >= 11 is 0. The van der Waals surface area contributed by atoms with E-state index in [2.05, 4.69) is 6.92 Å². The molecule has 8 heteroatoms. The second-order valence-corrected chi connectivity index (χ2v) is 12.0. The van der Waals surface area contributed by atoms with Crippen LogP contribution in [0.25, 0.3) is 0 Å². The van der Waals surface area contributed by atoms with Gasteiger partial charge in [0.2, 0.25) is 0 Å². The van der Waals surface area contributed by atoms with Crippen LogP contribution in [0.5, 0.6) is 0 Å². The van der Waals surface area contributed by atoms with Gasteiger partial charge in [0.05, 0.1) is 0 Å². The fraction of sp³-hybridized carbons (Fsp3) is 0.939. The summed E-state index contributed by atoms with van der Waals surface area (Å²) in [6.45, 7) is 2.94. The standard InChI is InChI=1S/C33H64NO6P/c1-2-3-4-5-6-7-11-15-18-21-24-27-33(36)40-31(30-39-41-37)29-38-32(35)26-23-20-17-14-12-9-8-10-13-16-19-22-25-28-34/h31H,2-30,34H2,1H3/t31-/m1/s1.